The largest absolute Gasteiger partial charge is 0.303 e. The van der Waals surface area contributed by atoms with Crippen molar-refractivity contribution in [3.63, 3.8) is 0 Å². The Morgan fingerprint density at radius 2 is 1.52 bits per heavy atom. The van der Waals surface area contributed by atoms with Crippen molar-refractivity contribution in [1.82, 2.24) is 4.90 Å². The van der Waals surface area contributed by atoms with E-state index in [1.54, 1.807) is 0 Å². The summed E-state index contributed by atoms with van der Waals surface area (Å²) in [6.45, 7) is 6.37. The smallest absolute Gasteiger partial charge is 0.00344 e. The summed E-state index contributed by atoms with van der Waals surface area (Å²) in [6.07, 6.45) is 18.7. The first kappa shape index (κ1) is 19.5. The zero-order valence-corrected chi connectivity index (χ0v) is 16.0. The molecule has 1 rings (SSSR count). The minimum atomic E-state index is 0.959. The van der Waals surface area contributed by atoms with Crippen LogP contribution in [0.4, 0.5) is 0 Å². The van der Waals surface area contributed by atoms with Gasteiger partial charge in [0.05, 0.1) is 0 Å². The predicted octanol–water partition coefficient (Wildman–Crippen LogP) is 6.40. The Kier molecular flexibility index (Phi) is 13.0. The molecule has 1 fully saturated rings. The Morgan fingerprint density at radius 1 is 0.905 bits per heavy atom. The van der Waals surface area contributed by atoms with Gasteiger partial charge in [0, 0.05) is 11.9 Å². The third kappa shape index (κ3) is 10.7. The van der Waals surface area contributed by atoms with E-state index in [1.165, 1.54) is 108 Å². The molecule has 1 aliphatic rings. The van der Waals surface area contributed by atoms with Crippen LogP contribution < -0.4 is 0 Å². The average Bonchev–Trinajstić information content (AvgIpc) is 2.50. The van der Waals surface area contributed by atoms with Crippen molar-refractivity contribution >= 4 is 15.9 Å². The van der Waals surface area contributed by atoms with Crippen molar-refractivity contribution in [3.05, 3.63) is 0 Å². The zero-order chi connectivity index (χ0) is 15.2. The number of rotatable bonds is 13. The summed E-state index contributed by atoms with van der Waals surface area (Å²) in [4.78, 5) is 2.72. The molecule has 0 aromatic heterocycles. The molecule has 1 atom stereocenters. The highest BCUT2D eigenvalue weighted by Crippen LogP contribution is 2.20. The maximum atomic E-state index is 3.59. The van der Waals surface area contributed by atoms with Gasteiger partial charge in [0.2, 0.25) is 0 Å². The van der Waals surface area contributed by atoms with Crippen molar-refractivity contribution in [2.45, 2.75) is 90.4 Å². The number of hydrogen-bond acceptors (Lipinski definition) is 1. The molecule has 0 saturated carbocycles. The molecule has 1 unspecified atom stereocenters. The van der Waals surface area contributed by atoms with Gasteiger partial charge in [0.15, 0.2) is 0 Å². The van der Waals surface area contributed by atoms with E-state index < -0.39 is 0 Å². The number of nitrogens with zero attached hydrogens (tertiary/aromatic N) is 1. The van der Waals surface area contributed by atoms with E-state index in [1.807, 2.05) is 0 Å². The molecule has 1 heterocycles. The Labute approximate surface area is 142 Å². The number of piperidine rings is 1. The SMILES string of the molecule is CCCCCCCCCCCCN1CCCC(CCBr)C1. The van der Waals surface area contributed by atoms with Crippen LogP contribution in [0.5, 0.6) is 0 Å². The molecule has 21 heavy (non-hydrogen) atoms. The standard InChI is InChI=1S/C19H38BrN/c1-2-3-4-5-6-7-8-9-10-11-16-21-17-12-13-19(18-21)14-15-20/h19H,2-18H2,1H3. The fraction of sp³-hybridized carbons (Fsp3) is 1.00. The van der Waals surface area contributed by atoms with Crippen LogP contribution in [0.2, 0.25) is 0 Å². The highest BCUT2D eigenvalue weighted by atomic mass is 79.9. The van der Waals surface area contributed by atoms with Crippen molar-refractivity contribution in [3.8, 4) is 0 Å². The molecule has 0 radical (unpaired) electrons. The number of halogens is 1. The molecule has 1 saturated heterocycles. The van der Waals surface area contributed by atoms with Crippen LogP contribution in [0.1, 0.15) is 90.4 Å². The molecule has 0 amide bonds. The molecule has 2 heteroatoms. The monoisotopic (exact) mass is 359 g/mol. The molecular weight excluding hydrogens is 322 g/mol. The molecule has 0 aromatic rings. The van der Waals surface area contributed by atoms with Gasteiger partial charge in [-0.3, -0.25) is 0 Å². The lowest BCUT2D eigenvalue weighted by Gasteiger charge is -2.32. The summed E-state index contributed by atoms with van der Waals surface area (Å²) in [5.41, 5.74) is 0. The first-order valence-corrected chi connectivity index (χ1v) is 10.8. The fourth-order valence-electron chi connectivity index (χ4n) is 3.57. The van der Waals surface area contributed by atoms with E-state index >= 15 is 0 Å². The van der Waals surface area contributed by atoms with Crippen LogP contribution in [0.25, 0.3) is 0 Å². The number of hydrogen-bond donors (Lipinski definition) is 0. The molecule has 1 nitrogen and oxygen atoms in total. The van der Waals surface area contributed by atoms with E-state index in [4.69, 9.17) is 0 Å². The zero-order valence-electron chi connectivity index (χ0n) is 14.4. The fourth-order valence-corrected chi connectivity index (χ4v) is 4.21. The minimum absolute atomic E-state index is 0.959. The summed E-state index contributed by atoms with van der Waals surface area (Å²) in [5, 5.41) is 1.18. The van der Waals surface area contributed by atoms with Gasteiger partial charge in [-0.25, -0.2) is 0 Å². The van der Waals surface area contributed by atoms with E-state index in [2.05, 4.69) is 27.8 Å². The average molecular weight is 360 g/mol. The van der Waals surface area contributed by atoms with Gasteiger partial charge in [0.1, 0.15) is 0 Å². The summed E-state index contributed by atoms with van der Waals surface area (Å²) in [6, 6.07) is 0. The first-order chi connectivity index (χ1) is 10.4. The Balaban J connectivity index is 1.85. The summed E-state index contributed by atoms with van der Waals surface area (Å²) < 4.78 is 0. The van der Waals surface area contributed by atoms with Crippen molar-refractivity contribution < 1.29 is 0 Å². The second-order valence-electron chi connectivity index (χ2n) is 6.97. The van der Waals surface area contributed by atoms with E-state index in [-0.39, 0.29) is 0 Å². The van der Waals surface area contributed by atoms with Gasteiger partial charge in [-0.15, -0.1) is 0 Å². The summed E-state index contributed by atoms with van der Waals surface area (Å²) in [5.74, 6) is 0.959. The molecule has 1 aliphatic heterocycles. The van der Waals surface area contributed by atoms with Crippen molar-refractivity contribution in [1.29, 1.82) is 0 Å². The van der Waals surface area contributed by atoms with Crippen LogP contribution >= 0.6 is 15.9 Å². The van der Waals surface area contributed by atoms with Crippen molar-refractivity contribution in [2.75, 3.05) is 25.0 Å². The van der Waals surface area contributed by atoms with Crippen LogP contribution in [0.15, 0.2) is 0 Å². The van der Waals surface area contributed by atoms with Gasteiger partial charge < -0.3 is 4.90 Å². The van der Waals surface area contributed by atoms with E-state index in [9.17, 15) is 0 Å². The van der Waals surface area contributed by atoms with Crippen LogP contribution in [-0.2, 0) is 0 Å². The van der Waals surface area contributed by atoms with Gasteiger partial charge in [0.25, 0.3) is 0 Å². The predicted molar refractivity (Wildman–Crippen MR) is 99.4 cm³/mol. The second-order valence-corrected chi connectivity index (χ2v) is 7.76. The lowest BCUT2D eigenvalue weighted by atomic mass is 9.95. The van der Waals surface area contributed by atoms with Crippen molar-refractivity contribution in [2.24, 2.45) is 5.92 Å². The molecule has 0 bridgehead atoms. The quantitative estimate of drug-likeness (QED) is 0.271. The normalized spacial score (nSPS) is 20.0. The lowest BCUT2D eigenvalue weighted by molar-refractivity contribution is 0.169. The highest BCUT2D eigenvalue weighted by molar-refractivity contribution is 9.09. The van der Waals surface area contributed by atoms with Crippen LogP contribution in [-0.4, -0.2) is 29.9 Å². The molecule has 126 valence electrons. The first-order valence-electron chi connectivity index (χ1n) is 9.65. The topological polar surface area (TPSA) is 3.24 Å². The Morgan fingerprint density at radius 3 is 2.14 bits per heavy atom. The maximum Gasteiger partial charge on any atom is 0.00344 e. The third-order valence-corrected chi connectivity index (χ3v) is 5.41. The maximum absolute atomic E-state index is 3.59. The number of likely N-dealkylation sites (tertiary alicyclic amines) is 1. The summed E-state index contributed by atoms with van der Waals surface area (Å²) in [7, 11) is 0. The highest BCUT2D eigenvalue weighted by Gasteiger charge is 2.18. The lowest BCUT2D eigenvalue weighted by Crippen LogP contribution is -2.36. The molecule has 0 aromatic carbocycles. The Hall–Kier alpha value is 0.440. The molecule has 0 N–H and O–H groups in total. The van der Waals surface area contributed by atoms with E-state index in [0.717, 1.165) is 5.92 Å². The Bertz CT molecular complexity index is 218. The number of unbranched alkanes of at least 4 members (excludes halogenated alkanes) is 9. The summed E-state index contributed by atoms with van der Waals surface area (Å²) >= 11 is 3.59. The van der Waals surface area contributed by atoms with Crippen LogP contribution in [0, 0.1) is 5.92 Å². The van der Waals surface area contributed by atoms with E-state index in [0.29, 0.717) is 0 Å². The second kappa shape index (κ2) is 14.1. The van der Waals surface area contributed by atoms with Gasteiger partial charge >= 0.3 is 0 Å². The third-order valence-electron chi connectivity index (χ3n) is 4.95. The number of alkyl halides is 1. The van der Waals surface area contributed by atoms with Gasteiger partial charge in [-0.1, -0.05) is 80.6 Å². The van der Waals surface area contributed by atoms with Gasteiger partial charge in [-0.2, -0.15) is 0 Å². The molecule has 0 aliphatic carbocycles. The van der Waals surface area contributed by atoms with Crippen LogP contribution in [0.3, 0.4) is 0 Å². The molecular formula is C19H38BrN. The minimum Gasteiger partial charge on any atom is -0.303 e. The molecule has 0 spiro atoms. The van der Waals surface area contributed by atoms with Gasteiger partial charge in [-0.05, 0) is 44.7 Å².